The molecule has 30 heavy (non-hydrogen) atoms. The van der Waals surface area contributed by atoms with E-state index in [9.17, 15) is 9.59 Å². The van der Waals surface area contributed by atoms with Gasteiger partial charge < -0.3 is 9.15 Å². The second-order valence-electron chi connectivity index (χ2n) is 6.62. The van der Waals surface area contributed by atoms with Gasteiger partial charge in [-0.1, -0.05) is 35.1 Å². The van der Waals surface area contributed by atoms with E-state index in [1.54, 1.807) is 30.3 Å². The van der Waals surface area contributed by atoms with Gasteiger partial charge in [0.05, 0.1) is 23.6 Å². The molecule has 2 aromatic carbocycles. The monoisotopic (exact) mass is 439 g/mol. The van der Waals surface area contributed by atoms with Crippen molar-refractivity contribution in [3.05, 3.63) is 80.1 Å². The molecule has 1 unspecified atom stereocenters. The van der Waals surface area contributed by atoms with Crippen LogP contribution in [0.3, 0.4) is 0 Å². The average molecular weight is 440 g/mol. The highest BCUT2D eigenvalue weighted by atomic mass is 35.5. The van der Waals surface area contributed by atoms with Crippen LogP contribution in [-0.2, 0) is 0 Å². The maximum absolute atomic E-state index is 13.4. The van der Waals surface area contributed by atoms with Gasteiger partial charge in [-0.3, -0.25) is 14.5 Å². The minimum Gasteiger partial charge on any atom is -0.494 e. The highest BCUT2D eigenvalue weighted by Crippen LogP contribution is 2.42. The molecular formula is C21H14ClN3O4S. The molecule has 0 bridgehead atoms. The Labute approximate surface area is 179 Å². The van der Waals surface area contributed by atoms with E-state index in [4.69, 9.17) is 20.8 Å². The molecule has 150 valence electrons. The fraction of sp³-hybridized carbons (Fsp3) is 0.143. The van der Waals surface area contributed by atoms with Gasteiger partial charge in [-0.25, -0.2) is 0 Å². The van der Waals surface area contributed by atoms with Gasteiger partial charge in [0, 0.05) is 5.02 Å². The molecule has 1 atom stereocenters. The SMILES string of the molecule is CCOc1ccc(C2c3c(oc4ccc(Cl)cc4c3=O)C(=O)N2c2nncs2)cc1. The standard InChI is InChI=1S/C21H14ClN3O4S/c1-2-28-13-6-3-11(4-7-13)17-16-18(26)14-9-12(22)5-8-15(14)29-19(16)20(27)25(17)21-24-23-10-30-21/h3-10,17H,2H2,1H3. The van der Waals surface area contributed by atoms with Crippen LogP contribution in [-0.4, -0.2) is 22.7 Å². The second-order valence-corrected chi connectivity index (χ2v) is 7.86. The predicted molar refractivity (Wildman–Crippen MR) is 114 cm³/mol. The molecule has 0 N–H and O–H groups in total. The Kier molecular flexibility index (Phi) is 4.52. The Morgan fingerprint density at radius 2 is 2.00 bits per heavy atom. The number of amides is 1. The maximum atomic E-state index is 13.4. The summed E-state index contributed by atoms with van der Waals surface area (Å²) in [6, 6.07) is 11.3. The summed E-state index contributed by atoms with van der Waals surface area (Å²) < 4.78 is 11.4. The van der Waals surface area contributed by atoms with Crippen LogP contribution < -0.4 is 15.1 Å². The van der Waals surface area contributed by atoms with Gasteiger partial charge in [-0.2, -0.15) is 0 Å². The van der Waals surface area contributed by atoms with E-state index in [-0.39, 0.29) is 16.8 Å². The van der Waals surface area contributed by atoms with E-state index >= 15 is 0 Å². The van der Waals surface area contributed by atoms with Crippen LogP contribution in [0, 0.1) is 0 Å². The Morgan fingerprint density at radius 1 is 1.20 bits per heavy atom. The van der Waals surface area contributed by atoms with E-state index in [0.29, 0.717) is 33.5 Å². The Balaban J connectivity index is 1.76. The topological polar surface area (TPSA) is 85.5 Å². The molecule has 1 aliphatic heterocycles. The summed E-state index contributed by atoms with van der Waals surface area (Å²) in [5, 5.41) is 9.02. The van der Waals surface area contributed by atoms with Gasteiger partial charge >= 0.3 is 0 Å². The van der Waals surface area contributed by atoms with Crippen molar-refractivity contribution >= 4 is 44.9 Å². The van der Waals surface area contributed by atoms with Crippen molar-refractivity contribution in [2.24, 2.45) is 0 Å². The predicted octanol–water partition coefficient (Wildman–Crippen LogP) is 4.45. The Morgan fingerprint density at radius 3 is 2.70 bits per heavy atom. The van der Waals surface area contributed by atoms with E-state index in [2.05, 4.69) is 10.2 Å². The van der Waals surface area contributed by atoms with Gasteiger partial charge in [0.15, 0.2) is 5.43 Å². The molecule has 7 nitrogen and oxygen atoms in total. The van der Waals surface area contributed by atoms with Crippen molar-refractivity contribution in [3.63, 3.8) is 0 Å². The third kappa shape index (κ3) is 2.88. The van der Waals surface area contributed by atoms with Gasteiger partial charge in [0.1, 0.15) is 16.8 Å². The van der Waals surface area contributed by atoms with Crippen molar-refractivity contribution in [3.8, 4) is 5.75 Å². The lowest BCUT2D eigenvalue weighted by molar-refractivity contribution is 0.0970. The number of nitrogens with zero attached hydrogens (tertiary/aromatic N) is 3. The number of halogens is 1. The first-order valence-corrected chi connectivity index (χ1v) is 10.4. The summed E-state index contributed by atoms with van der Waals surface area (Å²) in [6.07, 6.45) is 0. The third-order valence-corrected chi connectivity index (χ3v) is 5.82. The Bertz CT molecular complexity index is 1320. The third-order valence-electron chi connectivity index (χ3n) is 4.89. The smallest absolute Gasteiger partial charge is 0.297 e. The summed E-state index contributed by atoms with van der Waals surface area (Å²) in [5.74, 6) is 0.268. The van der Waals surface area contributed by atoms with E-state index in [0.717, 1.165) is 5.56 Å². The molecule has 9 heteroatoms. The van der Waals surface area contributed by atoms with Crippen molar-refractivity contribution in [2.45, 2.75) is 13.0 Å². The lowest BCUT2D eigenvalue weighted by atomic mass is 9.98. The maximum Gasteiger partial charge on any atom is 0.297 e. The number of fused-ring (bicyclic) bond motifs is 2. The second kappa shape index (κ2) is 7.23. The van der Waals surface area contributed by atoms with Gasteiger partial charge in [-0.15, -0.1) is 10.2 Å². The van der Waals surface area contributed by atoms with Gasteiger partial charge in [0.2, 0.25) is 10.9 Å². The van der Waals surface area contributed by atoms with E-state index in [1.807, 2.05) is 19.1 Å². The number of anilines is 1. The molecule has 0 saturated heterocycles. The summed E-state index contributed by atoms with van der Waals surface area (Å²) in [4.78, 5) is 28.2. The number of benzene rings is 2. The van der Waals surface area contributed by atoms with Crippen molar-refractivity contribution in [2.75, 3.05) is 11.5 Å². The van der Waals surface area contributed by atoms with Crippen molar-refractivity contribution in [1.82, 2.24) is 10.2 Å². The number of hydrogen-bond donors (Lipinski definition) is 0. The fourth-order valence-electron chi connectivity index (χ4n) is 3.64. The summed E-state index contributed by atoms with van der Waals surface area (Å²) in [5.41, 5.74) is 2.53. The van der Waals surface area contributed by atoms with Crippen LogP contribution in [0.1, 0.15) is 34.6 Å². The zero-order valence-corrected chi connectivity index (χ0v) is 17.2. The number of rotatable bonds is 4. The number of carbonyl (C=O) groups is 1. The lowest BCUT2D eigenvalue weighted by Crippen LogP contribution is -2.29. The molecule has 0 fully saturated rings. The van der Waals surface area contributed by atoms with Crippen LogP contribution in [0.4, 0.5) is 5.13 Å². The summed E-state index contributed by atoms with van der Waals surface area (Å²) in [6.45, 7) is 2.44. The first-order valence-electron chi connectivity index (χ1n) is 9.17. The average Bonchev–Trinajstić information content (AvgIpc) is 3.36. The summed E-state index contributed by atoms with van der Waals surface area (Å²) in [7, 11) is 0. The molecule has 2 aromatic heterocycles. The normalized spacial score (nSPS) is 15.6. The van der Waals surface area contributed by atoms with Crippen LogP contribution in [0.15, 0.2) is 57.2 Å². The Hall–Kier alpha value is -3.23. The van der Waals surface area contributed by atoms with Crippen molar-refractivity contribution in [1.29, 1.82) is 0 Å². The molecule has 4 aromatic rings. The molecule has 0 radical (unpaired) electrons. The van der Waals surface area contributed by atoms with E-state index in [1.165, 1.54) is 21.7 Å². The molecular weight excluding hydrogens is 426 g/mol. The molecule has 1 aliphatic rings. The highest BCUT2D eigenvalue weighted by molar-refractivity contribution is 7.13. The minimum atomic E-state index is -0.698. The van der Waals surface area contributed by atoms with Crippen LogP contribution in [0.5, 0.6) is 5.75 Å². The van der Waals surface area contributed by atoms with Crippen LogP contribution in [0.2, 0.25) is 5.02 Å². The molecule has 1 amide bonds. The fourth-order valence-corrected chi connectivity index (χ4v) is 4.40. The molecule has 5 rings (SSSR count). The number of aromatic nitrogens is 2. The first kappa shape index (κ1) is 18.8. The zero-order valence-electron chi connectivity index (χ0n) is 15.7. The molecule has 0 saturated carbocycles. The van der Waals surface area contributed by atoms with Gasteiger partial charge in [0.25, 0.3) is 5.91 Å². The summed E-state index contributed by atoms with van der Waals surface area (Å²) >= 11 is 7.30. The minimum absolute atomic E-state index is 0.00362. The lowest BCUT2D eigenvalue weighted by Gasteiger charge is -2.22. The first-order chi connectivity index (χ1) is 14.6. The quantitative estimate of drug-likeness (QED) is 0.467. The van der Waals surface area contributed by atoms with Gasteiger partial charge in [-0.05, 0) is 42.8 Å². The zero-order chi connectivity index (χ0) is 20.8. The molecule has 0 spiro atoms. The number of carbonyl (C=O) groups excluding carboxylic acids is 1. The number of ether oxygens (including phenoxy) is 1. The van der Waals surface area contributed by atoms with Crippen molar-refractivity contribution < 1.29 is 13.9 Å². The molecule has 3 heterocycles. The van der Waals surface area contributed by atoms with Crippen LogP contribution >= 0.6 is 22.9 Å². The highest BCUT2D eigenvalue weighted by Gasteiger charge is 2.44. The largest absolute Gasteiger partial charge is 0.494 e. The number of hydrogen-bond acceptors (Lipinski definition) is 7. The van der Waals surface area contributed by atoms with Crippen LogP contribution in [0.25, 0.3) is 11.0 Å². The van der Waals surface area contributed by atoms with E-state index < -0.39 is 11.9 Å². The molecule has 0 aliphatic carbocycles.